The van der Waals surface area contributed by atoms with Gasteiger partial charge < -0.3 is 23.5 Å². The predicted octanol–water partition coefficient (Wildman–Crippen LogP) is 4.90. The van der Waals surface area contributed by atoms with E-state index in [1.54, 1.807) is 39.5 Å². The van der Waals surface area contributed by atoms with Crippen LogP contribution < -0.4 is 18.9 Å². The van der Waals surface area contributed by atoms with E-state index in [9.17, 15) is 0 Å². The summed E-state index contributed by atoms with van der Waals surface area (Å²) < 4.78 is 26.7. The Labute approximate surface area is 173 Å². The van der Waals surface area contributed by atoms with Crippen molar-refractivity contribution in [3.8, 4) is 34.4 Å². The third-order valence-electron chi connectivity index (χ3n) is 4.05. The summed E-state index contributed by atoms with van der Waals surface area (Å²) in [7, 11) is 4.73. The number of ether oxygens (including phenoxy) is 4. The SMILES string of the molecule is CCOc1cc(/C=C(\Cl)c2nc(-c3ccc(OC)c(OC)c3)no2)ccc1OC. The number of halogens is 1. The molecule has 3 rings (SSSR count). The molecule has 0 atom stereocenters. The van der Waals surface area contributed by atoms with Crippen molar-refractivity contribution in [1.82, 2.24) is 10.1 Å². The summed E-state index contributed by atoms with van der Waals surface area (Å²) in [6.07, 6.45) is 1.72. The standard InChI is InChI=1S/C21H21ClN2O5/c1-5-28-19-11-13(6-8-17(19)26-3)10-15(22)21-23-20(24-29-21)14-7-9-16(25-2)18(12-14)27-4/h6-12H,5H2,1-4H3/b15-10-. The van der Waals surface area contributed by atoms with Crippen LogP contribution in [0, 0.1) is 0 Å². The molecule has 152 valence electrons. The molecule has 0 fully saturated rings. The van der Waals surface area contributed by atoms with E-state index >= 15 is 0 Å². The van der Waals surface area contributed by atoms with Gasteiger partial charge in [-0.25, -0.2) is 0 Å². The topological polar surface area (TPSA) is 75.8 Å². The lowest BCUT2D eigenvalue weighted by Gasteiger charge is -2.09. The van der Waals surface area contributed by atoms with Gasteiger partial charge in [0.05, 0.1) is 27.9 Å². The summed E-state index contributed by atoms with van der Waals surface area (Å²) >= 11 is 6.40. The number of rotatable bonds is 8. The van der Waals surface area contributed by atoms with E-state index in [2.05, 4.69) is 10.1 Å². The van der Waals surface area contributed by atoms with Crippen molar-refractivity contribution in [3.05, 3.63) is 47.9 Å². The Morgan fingerprint density at radius 3 is 2.34 bits per heavy atom. The van der Waals surface area contributed by atoms with Crippen molar-refractivity contribution in [1.29, 1.82) is 0 Å². The fraction of sp³-hybridized carbons (Fsp3) is 0.238. The summed E-state index contributed by atoms with van der Waals surface area (Å²) in [4.78, 5) is 4.37. The van der Waals surface area contributed by atoms with Gasteiger partial charge in [-0.05, 0) is 48.9 Å². The van der Waals surface area contributed by atoms with Gasteiger partial charge in [-0.2, -0.15) is 4.98 Å². The maximum absolute atomic E-state index is 6.40. The average molecular weight is 417 g/mol. The monoisotopic (exact) mass is 416 g/mol. The normalized spacial score (nSPS) is 11.3. The number of nitrogens with zero attached hydrogens (tertiary/aromatic N) is 2. The molecule has 0 saturated carbocycles. The fourth-order valence-corrected chi connectivity index (χ4v) is 2.88. The summed E-state index contributed by atoms with van der Waals surface area (Å²) in [6, 6.07) is 10.8. The van der Waals surface area contributed by atoms with E-state index in [4.69, 9.17) is 35.1 Å². The smallest absolute Gasteiger partial charge is 0.269 e. The molecule has 29 heavy (non-hydrogen) atoms. The summed E-state index contributed by atoms with van der Waals surface area (Å²) in [5.41, 5.74) is 1.52. The first-order valence-electron chi connectivity index (χ1n) is 8.84. The van der Waals surface area contributed by atoms with Crippen molar-refractivity contribution < 1.29 is 23.5 Å². The van der Waals surface area contributed by atoms with Gasteiger partial charge in [0.25, 0.3) is 5.89 Å². The van der Waals surface area contributed by atoms with Gasteiger partial charge in [-0.1, -0.05) is 22.8 Å². The third kappa shape index (κ3) is 4.63. The average Bonchev–Trinajstić information content (AvgIpc) is 3.24. The van der Waals surface area contributed by atoms with Crippen LogP contribution in [0.3, 0.4) is 0 Å². The van der Waals surface area contributed by atoms with Crippen molar-refractivity contribution in [2.45, 2.75) is 6.92 Å². The van der Waals surface area contributed by atoms with Crippen LogP contribution in [0.1, 0.15) is 18.4 Å². The molecular weight excluding hydrogens is 396 g/mol. The minimum atomic E-state index is 0.199. The Balaban J connectivity index is 1.87. The zero-order valence-corrected chi connectivity index (χ0v) is 17.3. The predicted molar refractivity (Wildman–Crippen MR) is 111 cm³/mol. The van der Waals surface area contributed by atoms with E-state index in [0.717, 1.165) is 5.56 Å². The van der Waals surface area contributed by atoms with Crippen LogP contribution in [0.5, 0.6) is 23.0 Å². The summed E-state index contributed by atoms with van der Waals surface area (Å²) in [5, 5.41) is 4.30. The van der Waals surface area contributed by atoms with Gasteiger partial charge in [0, 0.05) is 5.56 Å². The highest BCUT2D eigenvalue weighted by atomic mass is 35.5. The molecule has 0 N–H and O–H groups in total. The molecule has 0 aliphatic carbocycles. The Morgan fingerprint density at radius 1 is 0.966 bits per heavy atom. The second-order valence-electron chi connectivity index (χ2n) is 5.83. The second-order valence-corrected chi connectivity index (χ2v) is 6.24. The second kappa shape index (κ2) is 9.34. The molecular formula is C21H21ClN2O5. The van der Waals surface area contributed by atoms with E-state index in [1.807, 2.05) is 31.2 Å². The van der Waals surface area contributed by atoms with Crippen molar-refractivity contribution in [3.63, 3.8) is 0 Å². The van der Waals surface area contributed by atoms with Crippen LogP contribution in [0.2, 0.25) is 0 Å². The Bertz CT molecular complexity index is 1020. The van der Waals surface area contributed by atoms with Crippen LogP contribution >= 0.6 is 11.6 Å². The first-order chi connectivity index (χ1) is 14.1. The number of aromatic nitrogens is 2. The molecule has 2 aromatic carbocycles. The Morgan fingerprint density at radius 2 is 1.66 bits per heavy atom. The highest BCUT2D eigenvalue weighted by molar-refractivity contribution is 6.50. The van der Waals surface area contributed by atoms with Gasteiger partial charge >= 0.3 is 0 Å². The van der Waals surface area contributed by atoms with E-state index in [1.165, 1.54) is 0 Å². The fourth-order valence-electron chi connectivity index (χ4n) is 2.67. The molecule has 1 aromatic heterocycles. The third-order valence-corrected chi connectivity index (χ3v) is 4.32. The minimum absolute atomic E-state index is 0.199. The van der Waals surface area contributed by atoms with E-state index in [-0.39, 0.29) is 5.89 Å². The van der Waals surface area contributed by atoms with Crippen LogP contribution in [0.4, 0.5) is 0 Å². The van der Waals surface area contributed by atoms with Gasteiger partial charge in [-0.15, -0.1) is 0 Å². The minimum Gasteiger partial charge on any atom is -0.493 e. The lowest BCUT2D eigenvalue weighted by Crippen LogP contribution is -1.95. The maximum Gasteiger partial charge on any atom is 0.269 e. The molecule has 7 nitrogen and oxygen atoms in total. The summed E-state index contributed by atoms with van der Waals surface area (Å²) in [5.74, 6) is 3.04. The van der Waals surface area contributed by atoms with Gasteiger partial charge in [0.1, 0.15) is 5.03 Å². The molecule has 3 aromatic rings. The molecule has 1 heterocycles. The molecule has 0 amide bonds. The molecule has 0 unspecified atom stereocenters. The highest BCUT2D eigenvalue weighted by Crippen LogP contribution is 2.33. The van der Waals surface area contributed by atoms with Crippen LogP contribution in [-0.4, -0.2) is 38.1 Å². The maximum atomic E-state index is 6.40. The zero-order chi connectivity index (χ0) is 20.8. The highest BCUT2D eigenvalue weighted by Gasteiger charge is 2.14. The van der Waals surface area contributed by atoms with Crippen molar-refractivity contribution in [2.75, 3.05) is 27.9 Å². The number of hydrogen-bond acceptors (Lipinski definition) is 7. The number of benzene rings is 2. The molecule has 0 bridgehead atoms. The van der Waals surface area contributed by atoms with Gasteiger partial charge in [0.2, 0.25) is 5.82 Å². The molecule has 8 heteroatoms. The molecule has 0 spiro atoms. The van der Waals surface area contributed by atoms with Gasteiger partial charge in [0.15, 0.2) is 23.0 Å². The zero-order valence-electron chi connectivity index (χ0n) is 16.6. The quantitative estimate of drug-likeness (QED) is 0.517. The molecule has 0 radical (unpaired) electrons. The van der Waals surface area contributed by atoms with Gasteiger partial charge in [-0.3, -0.25) is 0 Å². The first kappa shape index (κ1) is 20.5. The van der Waals surface area contributed by atoms with Crippen LogP contribution in [0.25, 0.3) is 22.5 Å². The molecule has 0 saturated heterocycles. The lowest BCUT2D eigenvalue weighted by atomic mass is 10.2. The van der Waals surface area contributed by atoms with Crippen LogP contribution in [0.15, 0.2) is 40.9 Å². The lowest BCUT2D eigenvalue weighted by molar-refractivity contribution is 0.311. The van der Waals surface area contributed by atoms with Crippen molar-refractivity contribution >= 4 is 22.7 Å². The summed E-state index contributed by atoms with van der Waals surface area (Å²) in [6.45, 7) is 2.43. The number of hydrogen-bond donors (Lipinski definition) is 0. The Hall–Kier alpha value is -3.19. The molecule has 0 aliphatic rings. The molecule has 0 aliphatic heterocycles. The van der Waals surface area contributed by atoms with Crippen molar-refractivity contribution in [2.24, 2.45) is 0 Å². The first-order valence-corrected chi connectivity index (χ1v) is 9.21. The Kier molecular flexibility index (Phi) is 6.61. The number of methoxy groups -OCH3 is 3. The largest absolute Gasteiger partial charge is 0.493 e. The van der Waals surface area contributed by atoms with Crippen LogP contribution in [-0.2, 0) is 0 Å². The van der Waals surface area contributed by atoms with E-state index in [0.29, 0.717) is 46.0 Å². The van der Waals surface area contributed by atoms with E-state index < -0.39 is 0 Å².